The van der Waals surface area contributed by atoms with Crippen LogP contribution in [0.25, 0.3) is 0 Å². The number of nitrogens with zero attached hydrogens (tertiary/aromatic N) is 2. The topological polar surface area (TPSA) is 177 Å². The third kappa shape index (κ3) is 6.07. The van der Waals surface area contributed by atoms with Crippen molar-refractivity contribution in [2.75, 3.05) is 18.5 Å². The monoisotopic (exact) mass is 637 g/mol. The second-order valence-electron chi connectivity index (χ2n) is 9.72. The first-order valence-electron chi connectivity index (χ1n) is 12.3. The lowest BCUT2D eigenvalue weighted by Crippen LogP contribution is -2.36. The fraction of sp³-hybridized carbons (Fsp3) is 0.400. The molecule has 14 heteroatoms. The van der Waals surface area contributed by atoms with Gasteiger partial charge in [0.25, 0.3) is 0 Å². The Balaban J connectivity index is 1.37. The highest BCUT2D eigenvalue weighted by molar-refractivity contribution is 9.10. The number of hydrogen-bond acceptors (Lipinski definition) is 11. The Morgan fingerprint density at radius 2 is 2.08 bits per heavy atom. The Morgan fingerprint density at radius 3 is 2.85 bits per heavy atom. The Morgan fingerprint density at radius 1 is 1.28 bits per heavy atom. The summed E-state index contributed by atoms with van der Waals surface area (Å²) in [5.41, 5.74) is 3.70. The van der Waals surface area contributed by atoms with Crippen molar-refractivity contribution >= 4 is 49.2 Å². The average molecular weight is 639 g/mol. The maximum absolute atomic E-state index is 13.7. The summed E-state index contributed by atoms with van der Waals surface area (Å²) in [6, 6.07) is 7.43. The molecule has 11 nitrogen and oxygen atoms in total. The number of aliphatic hydroxyl groups excluding tert-OH is 2. The van der Waals surface area contributed by atoms with E-state index >= 15 is 0 Å². The van der Waals surface area contributed by atoms with E-state index in [9.17, 15) is 23.4 Å². The van der Waals surface area contributed by atoms with Crippen LogP contribution in [0.2, 0.25) is 0 Å². The van der Waals surface area contributed by atoms with E-state index in [2.05, 4.69) is 52.8 Å². The molecule has 0 amide bonds. The number of hydrogen-bond donors (Lipinski definition) is 5. The third-order valence-corrected chi connectivity index (χ3v) is 9.20. The smallest absolute Gasteiger partial charge is 0.333 e. The zero-order valence-corrected chi connectivity index (χ0v) is 24.1. The number of halogens is 1. The van der Waals surface area contributed by atoms with Crippen LogP contribution in [0.4, 0.5) is 5.82 Å². The number of rotatable bonds is 8. The predicted octanol–water partition coefficient (Wildman–Crippen LogP) is 1.82. The Hall–Kier alpha value is -2.30. The molecule has 2 aliphatic rings. The van der Waals surface area contributed by atoms with Crippen LogP contribution in [-0.2, 0) is 20.9 Å². The van der Waals surface area contributed by atoms with Crippen molar-refractivity contribution < 1.29 is 27.6 Å². The summed E-state index contributed by atoms with van der Waals surface area (Å²) >= 11 is 4.96. The Labute approximate surface area is 238 Å². The zero-order valence-electron chi connectivity index (χ0n) is 20.9. The van der Waals surface area contributed by atoms with Gasteiger partial charge in [-0.3, -0.25) is 8.98 Å². The van der Waals surface area contributed by atoms with Crippen LogP contribution in [0.3, 0.4) is 0 Å². The molecule has 3 aromatic rings. The highest BCUT2D eigenvalue weighted by Crippen LogP contribution is 2.37. The Bertz CT molecular complexity index is 1500. The molecule has 6 N–H and O–H groups in total. The fourth-order valence-corrected chi connectivity index (χ4v) is 6.99. The van der Waals surface area contributed by atoms with Crippen molar-refractivity contribution in [2.45, 2.75) is 44.1 Å². The SMILES string of the molecule is Cc1sc(C(=O)c2cncnc2N[C@@H]2C[C@H](COS(N)(=O)=O)[C@@H](O)[C@H]2O)cc1[C@H]1NCCc2ccc(Br)cc21. The van der Waals surface area contributed by atoms with E-state index in [1.807, 2.05) is 19.1 Å². The highest BCUT2D eigenvalue weighted by Gasteiger charge is 2.42. The van der Waals surface area contributed by atoms with Gasteiger partial charge in [0.1, 0.15) is 18.2 Å². The second kappa shape index (κ2) is 11.3. The number of carbonyl (C=O) groups excluding carboxylic acids is 1. The molecule has 1 aliphatic heterocycles. The summed E-state index contributed by atoms with van der Waals surface area (Å²) in [6.07, 6.45) is 1.30. The number of fused-ring (bicyclic) bond motifs is 1. The van der Waals surface area contributed by atoms with E-state index in [1.54, 1.807) is 0 Å². The van der Waals surface area contributed by atoms with Crippen molar-refractivity contribution in [3.05, 3.63) is 73.3 Å². The normalized spacial score (nSPS) is 24.9. The lowest BCUT2D eigenvalue weighted by atomic mass is 9.90. The number of nitrogens with one attached hydrogen (secondary N) is 2. The van der Waals surface area contributed by atoms with E-state index in [1.165, 1.54) is 35.0 Å². The minimum atomic E-state index is -4.19. The standard InChI is InChI=1S/C25H28BrN5O6S2/c1-12-16(21-17-7-15(26)3-2-13(17)4-5-29-21)8-20(38-12)23(33)18-9-28-11-30-25(18)31-19-6-14(22(32)24(19)34)10-37-39(27,35)36/h2-3,7-9,11,14,19,21-22,24,29,32,34H,4-6,10H2,1H3,(H2,27,35,36)(H,28,30,31)/t14-,19-,21-,22-,24+/m1/s1. The molecule has 1 fully saturated rings. The van der Waals surface area contributed by atoms with Crippen LogP contribution >= 0.6 is 27.3 Å². The number of carbonyl (C=O) groups is 1. The number of aryl methyl sites for hydroxylation is 1. The van der Waals surface area contributed by atoms with Gasteiger partial charge in [0.2, 0.25) is 5.78 Å². The molecule has 5 atom stereocenters. The van der Waals surface area contributed by atoms with Crippen LogP contribution in [0, 0.1) is 12.8 Å². The number of anilines is 1. The van der Waals surface area contributed by atoms with E-state index in [0.717, 1.165) is 27.9 Å². The van der Waals surface area contributed by atoms with E-state index in [4.69, 9.17) is 5.14 Å². The van der Waals surface area contributed by atoms with Gasteiger partial charge in [-0.05, 0) is 54.7 Å². The highest BCUT2D eigenvalue weighted by atomic mass is 79.9. The molecule has 0 spiro atoms. The summed E-state index contributed by atoms with van der Waals surface area (Å²) in [7, 11) is -4.19. The molecule has 1 saturated carbocycles. The fourth-order valence-electron chi connectivity index (χ4n) is 5.23. The van der Waals surface area contributed by atoms with Gasteiger partial charge >= 0.3 is 10.3 Å². The molecule has 1 aromatic carbocycles. The number of aliphatic hydroxyl groups is 2. The maximum atomic E-state index is 13.7. The Kier molecular flexibility index (Phi) is 8.18. The summed E-state index contributed by atoms with van der Waals surface area (Å²) in [5.74, 6) is -0.757. The largest absolute Gasteiger partial charge is 0.390 e. The summed E-state index contributed by atoms with van der Waals surface area (Å²) in [4.78, 5) is 23.5. The lowest BCUT2D eigenvalue weighted by Gasteiger charge is -2.27. The van der Waals surface area contributed by atoms with Gasteiger partial charge in [-0.25, -0.2) is 15.1 Å². The molecule has 208 valence electrons. The van der Waals surface area contributed by atoms with Crippen LogP contribution in [0.15, 0.2) is 41.3 Å². The van der Waals surface area contributed by atoms with Gasteiger partial charge in [-0.2, -0.15) is 8.42 Å². The molecular formula is C25H28BrN5O6S2. The number of aromatic nitrogens is 2. The van der Waals surface area contributed by atoms with Crippen molar-refractivity contribution in [3.8, 4) is 0 Å². The first kappa shape index (κ1) is 28.2. The molecule has 0 radical (unpaired) electrons. The van der Waals surface area contributed by atoms with Crippen LogP contribution in [0.5, 0.6) is 0 Å². The van der Waals surface area contributed by atoms with E-state index in [-0.39, 0.29) is 36.2 Å². The maximum Gasteiger partial charge on any atom is 0.333 e. The summed E-state index contributed by atoms with van der Waals surface area (Å²) in [6.45, 7) is 2.44. The number of ketones is 1. The molecule has 0 bridgehead atoms. The minimum absolute atomic E-state index is 0.0414. The van der Waals surface area contributed by atoms with Gasteiger partial charge in [-0.1, -0.05) is 22.0 Å². The van der Waals surface area contributed by atoms with Gasteiger partial charge in [0.15, 0.2) is 0 Å². The molecule has 5 rings (SSSR count). The number of benzene rings is 1. The van der Waals surface area contributed by atoms with Crippen molar-refractivity contribution in [2.24, 2.45) is 11.1 Å². The number of thiophene rings is 1. The molecule has 3 heterocycles. The second-order valence-corrected chi connectivity index (χ2v) is 13.1. The van der Waals surface area contributed by atoms with Crippen LogP contribution in [0.1, 0.15) is 49.3 Å². The summed E-state index contributed by atoms with van der Waals surface area (Å²) in [5, 5.41) is 32.4. The van der Waals surface area contributed by atoms with Gasteiger partial charge in [0, 0.05) is 28.0 Å². The quantitative estimate of drug-likeness (QED) is 0.229. The predicted molar refractivity (Wildman–Crippen MR) is 149 cm³/mol. The molecular weight excluding hydrogens is 610 g/mol. The van der Waals surface area contributed by atoms with E-state index < -0.39 is 34.5 Å². The summed E-state index contributed by atoms with van der Waals surface area (Å²) < 4.78 is 27.9. The molecule has 39 heavy (non-hydrogen) atoms. The molecule has 0 saturated heterocycles. The molecule has 1 aliphatic carbocycles. The van der Waals surface area contributed by atoms with Crippen LogP contribution < -0.4 is 15.8 Å². The molecule has 2 aromatic heterocycles. The van der Waals surface area contributed by atoms with Gasteiger partial charge in [-0.15, -0.1) is 11.3 Å². The third-order valence-electron chi connectivity index (χ3n) is 7.18. The average Bonchev–Trinajstić information content (AvgIpc) is 3.41. The first-order valence-corrected chi connectivity index (χ1v) is 15.4. The van der Waals surface area contributed by atoms with Crippen molar-refractivity contribution in [1.82, 2.24) is 15.3 Å². The van der Waals surface area contributed by atoms with E-state index in [0.29, 0.717) is 4.88 Å². The van der Waals surface area contributed by atoms with Gasteiger partial charge < -0.3 is 20.8 Å². The van der Waals surface area contributed by atoms with Crippen LogP contribution in [-0.4, -0.2) is 65.8 Å². The lowest BCUT2D eigenvalue weighted by molar-refractivity contribution is 0.00778. The molecule has 0 unspecified atom stereocenters. The zero-order chi connectivity index (χ0) is 27.9. The minimum Gasteiger partial charge on any atom is -0.390 e. The first-order chi connectivity index (χ1) is 18.5. The number of nitrogens with two attached hydrogens (primary N) is 1. The van der Waals surface area contributed by atoms with Gasteiger partial charge in [0.05, 0.1) is 35.2 Å². The van der Waals surface area contributed by atoms with Crippen molar-refractivity contribution in [1.29, 1.82) is 0 Å². The van der Waals surface area contributed by atoms with Crippen molar-refractivity contribution in [3.63, 3.8) is 0 Å².